The first kappa shape index (κ1) is 20.5. The number of anilines is 1. The lowest BCUT2D eigenvalue weighted by Crippen LogP contribution is -2.52. The number of aromatic nitrogens is 1. The third kappa shape index (κ3) is 3.57. The number of benzene rings is 1. The minimum absolute atomic E-state index is 0.0312. The van der Waals surface area contributed by atoms with Crippen molar-refractivity contribution in [3.8, 4) is 0 Å². The summed E-state index contributed by atoms with van der Waals surface area (Å²) in [6.45, 7) is 3.33. The van der Waals surface area contributed by atoms with E-state index in [0.29, 0.717) is 12.5 Å². The number of alkyl halides is 6. The second-order valence-corrected chi connectivity index (χ2v) is 7.55. The van der Waals surface area contributed by atoms with Crippen LogP contribution in [0, 0.1) is 0 Å². The highest BCUT2D eigenvalue weighted by Crippen LogP contribution is 2.43. The highest BCUT2D eigenvalue weighted by molar-refractivity contribution is 5.86. The first-order valence-corrected chi connectivity index (χ1v) is 8.50. The van der Waals surface area contributed by atoms with Gasteiger partial charge >= 0.3 is 12.4 Å². The van der Waals surface area contributed by atoms with Gasteiger partial charge in [0.1, 0.15) is 0 Å². The van der Waals surface area contributed by atoms with Gasteiger partial charge in [-0.25, -0.2) is 0 Å². The van der Waals surface area contributed by atoms with Crippen molar-refractivity contribution in [3.05, 3.63) is 40.2 Å². The average molecular weight is 408 g/mol. The Morgan fingerprint density at radius 3 is 2.39 bits per heavy atom. The monoisotopic (exact) mass is 408 g/mol. The lowest BCUT2D eigenvalue weighted by atomic mass is 10.0. The number of hydrogen-bond acceptors (Lipinski definition) is 3. The van der Waals surface area contributed by atoms with Gasteiger partial charge in [0.05, 0.1) is 11.6 Å². The number of nitrogens with one attached hydrogen (secondary N) is 1. The van der Waals surface area contributed by atoms with Crippen molar-refractivity contribution in [2.45, 2.75) is 56.7 Å². The zero-order valence-electron chi connectivity index (χ0n) is 14.9. The first-order valence-electron chi connectivity index (χ1n) is 8.50. The molecule has 0 unspecified atom stereocenters. The van der Waals surface area contributed by atoms with Crippen molar-refractivity contribution < 1.29 is 31.4 Å². The molecule has 1 saturated heterocycles. The number of aliphatic hydroxyl groups is 1. The van der Waals surface area contributed by atoms with E-state index in [-0.39, 0.29) is 23.0 Å². The number of H-pyrrole nitrogens is 1. The van der Waals surface area contributed by atoms with E-state index in [0.717, 1.165) is 6.07 Å². The van der Waals surface area contributed by atoms with E-state index in [1.807, 2.05) is 0 Å². The number of rotatable bonds is 2. The van der Waals surface area contributed by atoms with Crippen molar-refractivity contribution in [2.24, 2.45) is 0 Å². The molecular formula is C18H18F6N2O2. The van der Waals surface area contributed by atoms with Crippen LogP contribution in [0.3, 0.4) is 0 Å². The average Bonchev–Trinajstić information content (AvgIpc) is 2.86. The predicted octanol–water partition coefficient (Wildman–Crippen LogP) is 4.22. The number of hydrogen-bond donors (Lipinski definition) is 2. The predicted molar refractivity (Wildman–Crippen MR) is 91.2 cm³/mol. The molecule has 2 atom stereocenters. The summed E-state index contributed by atoms with van der Waals surface area (Å²) < 4.78 is 79.4. The molecule has 2 heterocycles. The molecule has 0 spiro atoms. The van der Waals surface area contributed by atoms with Gasteiger partial charge in [-0.3, -0.25) is 4.79 Å². The van der Waals surface area contributed by atoms with Crippen LogP contribution >= 0.6 is 0 Å². The molecule has 4 nitrogen and oxygen atoms in total. The largest absolute Gasteiger partial charge is 0.417 e. The third-order valence-corrected chi connectivity index (χ3v) is 5.15. The summed E-state index contributed by atoms with van der Waals surface area (Å²) in [5.74, 6) is 0. The molecule has 154 valence electrons. The highest BCUT2D eigenvalue weighted by Gasteiger charge is 2.51. The van der Waals surface area contributed by atoms with E-state index in [4.69, 9.17) is 0 Å². The highest BCUT2D eigenvalue weighted by atomic mass is 19.4. The fourth-order valence-corrected chi connectivity index (χ4v) is 3.88. The lowest BCUT2D eigenvalue weighted by molar-refractivity contribution is -0.209. The summed E-state index contributed by atoms with van der Waals surface area (Å²) in [5.41, 5.74) is -2.88. The number of pyridine rings is 1. The van der Waals surface area contributed by atoms with E-state index in [2.05, 4.69) is 4.98 Å². The zero-order chi connectivity index (χ0) is 21.1. The Labute approximate surface area is 155 Å². The molecule has 0 bridgehead atoms. The van der Waals surface area contributed by atoms with Gasteiger partial charge in [-0.1, -0.05) is 0 Å². The Hall–Kier alpha value is -2.23. The molecule has 0 amide bonds. The quantitative estimate of drug-likeness (QED) is 0.732. The second kappa shape index (κ2) is 6.40. The summed E-state index contributed by atoms with van der Waals surface area (Å²) >= 11 is 0. The molecule has 10 heteroatoms. The van der Waals surface area contributed by atoms with E-state index >= 15 is 0 Å². The fraction of sp³-hybridized carbons (Fsp3) is 0.500. The van der Waals surface area contributed by atoms with E-state index in [1.165, 1.54) is 17.0 Å². The van der Waals surface area contributed by atoms with E-state index in [9.17, 15) is 36.2 Å². The molecule has 2 aromatic rings. The van der Waals surface area contributed by atoms with Crippen LogP contribution in [0.4, 0.5) is 32.0 Å². The van der Waals surface area contributed by atoms with E-state index < -0.39 is 41.2 Å². The smallest absolute Gasteiger partial charge is 0.382 e. The maximum absolute atomic E-state index is 13.4. The summed E-state index contributed by atoms with van der Waals surface area (Å²) in [5, 5.41) is 9.46. The number of aliphatic hydroxyl groups excluding tert-OH is 1. The number of fused-ring (bicyclic) bond motifs is 1. The molecule has 1 fully saturated rings. The molecular weight excluding hydrogens is 390 g/mol. The Balaban J connectivity index is 2.18. The summed E-state index contributed by atoms with van der Waals surface area (Å²) in [7, 11) is 0. The minimum Gasteiger partial charge on any atom is -0.382 e. The van der Waals surface area contributed by atoms with Crippen molar-refractivity contribution in [1.29, 1.82) is 0 Å². The number of halogens is 6. The van der Waals surface area contributed by atoms with Gasteiger partial charge in [0, 0.05) is 28.2 Å². The van der Waals surface area contributed by atoms with Crippen LogP contribution in [0.15, 0.2) is 29.1 Å². The summed E-state index contributed by atoms with van der Waals surface area (Å²) in [6, 6.07) is 2.78. The zero-order valence-corrected chi connectivity index (χ0v) is 14.9. The lowest BCUT2D eigenvalue weighted by Gasteiger charge is -2.40. The molecule has 1 aliphatic rings. The second-order valence-electron chi connectivity index (χ2n) is 7.55. The van der Waals surface area contributed by atoms with Crippen LogP contribution < -0.4 is 10.5 Å². The maximum Gasteiger partial charge on any atom is 0.417 e. The van der Waals surface area contributed by atoms with Crippen LogP contribution in [0.5, 0.6) is 0 Å². The van der Waals surface area contributed by atoms with Gasteiger partial charge in [0.2, 0.25) is 5.56 Å². The standard InChI is InChI=1S/C18H18F6N2O2/c1-16(2)6-5-13(15(28)18(22,23)24)26(16)9-3-4-12-10(7-9)11(17(19,20)21)8-14(27)25-12/h3-4,7-8,13,15,28H,5-6H2,1-2H3,(H,25,27)/t13-,15-/m1/s1. The van der Waals surface area contributed by atoms with Crippen LogP contribution in [0.2, 0.25) is 0 Å². The number of aromatic amines is 1. The molecule has 0 saturated carbocycles. The Morgan fingerprint density at radius 2 is 1.82 bits per heavy atom. The van der Waals surface area contributed by atoms with Crippen molar-refractivity contribution in [3.63, 3.8) is 0 Å². The molecule has 0 aliphatic carbocycles. The van der Waals surface area contributed by atoms with Gasteiger partial charge in [-0.2, -0.15) is 26.3 Å². The molecule has 1 aromatic heterocycles. The summed E-state index contributed by atoms with van der Waals surface area (Å²) in [4.78, 5) is 15.1. The minimum atomic E-state index is -4.86. The van der Waals surface area contributed by atoms with Crippen molar-refractivity contribution in [1.82, 2.24) is 4.98 Å². The molecule has 0 radical (unpaired) electrons. The van der Waals surface area contributed by atoms with Gasteiger partial charge in [0.25, 0.3) is 0 Å². The van der Waals surface area contributed by atoms with Crippen molar-refractivity contribution in [2.75, 3.05) is 4.90 Å². The molecule has 1 aliphatic heterocycles. The van der Waals surface area contributed by atoms with Gasteiger partial charge in [-0.15, -0.1) is 0 Å². The third-order valence-electron chi connectivity index (χ3n) is 5.15. The Kier molecular flexibility index (Phi) is 4.68. The van der Waals surface area contributed by atoms with Crippen LogP contribution in [-0.2, 0) is 6.18 Å². The van der Waals surface area contributed by atoms with E-state index in [1.54, 1.807) is 13.8 Å². The van der Waals surface area contributed by atoms with Crippen LogP contribution in [0.1, 0.15) is 32.3 Å². The fourth-order valence-electron chi connectivity index (χ4n) is 3.88. The molecule has 28 heavy (non-hydrogen) atoms. The normalized spacial score (nSPS) is 21.3. The maximum atomic E-state index is 13.4. The Morgan fingerprint density at radius 1 is 1.18 bits per heavy atom. The molecule has 2 N–H and O–H groups in total. The van der Waals surface area contributed by atoms with Gasteiger partial charge in [-0.05, 0) is 44.9 Å². The number of nitrogens with zero attached hydrogens (tertiary/aromatic N) is 1. The van der Waals surface area contributed by atoms with Crippen molar-refractivity contribution >= 4 is 16.6 Å². The SMILES string of the molecule is CC1(C)CC[C@H]([C@@H](O)C(F)(F)F)N1c1ccc2[nH]c(=O)cc(C(F)(F)F)c2c1. The summed E-state index contributed by atoms with van der Waals surface area (Å²) in [6.07, 6.45) is -12.0. The Bertz CT molecular complexity index is 948. The molecule has 1 aromatic carbocycles. The molecule has 3 rings (SSSR count). The van der Waals surface area contributed by atoms with Gasteiger partial charge in [0.15, 0.2) is 6.10 Å². The topological polar surface area (TPSA) is 56.3 Å². The van der Waals surface area contributed by atoms with Crippen LogP contribution in [-0.4, -0.2) is 34.0 Å². The first-order chi connectivity index (χ1) is 12.7. The van der Waals surface area contributed by atoms with Crippen LogP contribution in [0.25, 0.3) is 10.9 Å². The van der Waals surface area contributed by atoms with Gasteiger partial charge < -0.3 is 15.0 Å².